The Balaban J connectivity index is 2.32. The topological polar surface area (TPSA) is 67.8 Å². The number of oxime groups is 1. The second-order valence-electron chi connectivity index (χ2n) is 5.64. The number of hydrogen-bond acceptors (Lipinski definition) is 4. The Labute approximate surface area is 168 Å². The highest BCUT2D eigenvalue weighted by molar-refractivity contribution is 7.93. The lowest BCUT2D eigenvalue weighted by Gasteiger charge is -2.15. The summed E-state index contributed by atoms with van der Waals surface area (Å²) >= 11 is 5.86. The smallest absolute Gasteiger partial charge is 0.391 e. The quantitative estimate of drug-likeness (QED) is 0.353. The van der Waals surface area contributed by atoms with Crippen molar-refractivity contribution in [2.75, 3.05) is 4.72 Å². The van der Waals surface area contributed by atoms with Crippen molar-refractivity contribution in [2.24, 2.45) is 5.16 Å². The second kappa shape index (κ2) is 8.95. The highest BCUT2D eigenvalue weighted by atomic mass is 35.5. The highest BCUT2D eigenvalue weighted by Gasteiger charge is 2.46. The van der Waals surface area contributed by atoms with E-state index in [0.717, 1.165) is 18.2 Å². The van der Waals surface area contributed by atoms with Crippen LogP contribution in [-0.4, -0.2) is 19.6 Å². The van der Waals surface area contributed by atoms with Crippen molar-refractivity contribution in [3.63, 3.8) is 0 Å². The average molecular weight is 457 g/mol. The van der Waals surface area contributed by atoms with E-state index in [1.54, 1.807) is 6.92 Å². The lowest BCUT2D eigenvalue weighted by molar-refractivity contribution is -0.0429. The molecule has 0 atom stereocenters. The highest BCUT2D eigenvalue weighted by Crippen LogP contribution is 2.29. The zero-order valence-corrected chi connectivity index (χ0v) is 16.3. The van der Waals surface area contributed by atoms with Crippen molar-refractivity contribution in [2.45, 2.75) is 25.5 Å². The maximum absolute atomic E-state index is 13.6. The molecule has 0 radical (unpaired) electrons. The summed E-state index contributed by atoms with van der Waals surface area (Å²) in [7, 11) is -5.68. The van der Waals surface area contributed by atoms with Gasteiger partial charge < -0.3 is 4.84 Å². The van der Waals surface area contributed by atoms with Gasteiger partial charge in [0.05, 0.1) is 11.4 Å². The van der Waals surface area contributed by atoms with Gasteiger partial charge in [-0.15, -0.1) is 0 Å². The fourth-order valence-electron chi connectivity index (χ4n) is 2.17. The van der Waals surface area contributed by atoms with Gasteiger partial charge in [-0.2, -0.15) is 21.6 Å². The minimum atomic E-state index is -5.68. The fraction of sp³-hybridized carbons (Fsp3) is 0.235. The van der Waals surface area contributed by atoms with Crippen molar-refractivity contribution in [3.05, 3.63) is 64.2 Å². The first-order valence-corrected chi connectivity index (χ1v) is 9.82. The molecule has 158 valence electrons. The van der Waals surface area contributed by atoms with Crippen molar-refractivity contribution in [1.82, 2.24) is 0 Å². The molecule has 5 nitrogen and oxygen atoms in total. The van der Waals surface area contributed by atoms with Gasteiger partial charge in [0.2, 0.25) is 0 Å². The number of nitrogens with zero attached hydrogens (tertiary/aromatic N) is 1. The second-order valence-corrected chi connectivity index (χ2v) is 7.75. The number of rotatable bonds is 7. The fourth-order valence-corrected chi connectivity index (χ4v) is 2.92. The van der Waals surface area contributed by atoms with Crippen LogP contribution in [0.5, 0.6) is 0 Å². The van der Waals surface area contributed by atoms with Crippen LogP contribution in [0.25, 0.3) is 0 Å². The first kappa shape index (κ1) is 22.9. The van der Waals surface area contributed by atoms with Crippen molar-refractivity contribution in [1.29, 1.82) is 0 Å². The van der Waals surface area contributed by atoms with Gasteiger partial charge in [0.1, 0.15) is 18.2 Å². The Morgan fingerprint density at radius 2 is 1.86 bits per heavy atom. The molecule has 0 aliphatic heterocycles. The number of halogens is 6. The number of hydrogen-bond donors (Lipinski definition) is 1. The molecule has 0 saturated heterocycles. The van der Waals surface area contributed by atoms with E-state index in [-0.39, 0.29) is 34.9 Å². The lowest BCUT2D eigenvalue weighted by atomic mass is 10.1. The molecular formula is C17H14ClF5N2O3S. The van der Waals surface area contributed by atoms with Gasteiger partial charge in [0, 0.05) is 22.2 Å². The standard InChI is InChI=1S/C17H14ClF5N2O3S/c1-2-15(24-28-9-10-3-5-12(19)8-14(10)20)13-7-11(18)4-6-16(13)25-29(26,27)17(21,22)23/h3-8,25H,2,9H2,1H3. The van der Waals surface area contributed by atoms with Gasteiger partial charge in [-0.25, -0.2) is 8.78 Å². The number of nitrogens with one attached hydrogen (secondary N) is 1. The molecule has 12 heteroatoms. The summed E-state index contributed by atoms with van der Waals surface area (Å²) in [5, 5.41) is 3.86. The third-order valence-electron chi connectivity index (χ3n) is 3.59. The molecule has 29 heavy (non-hydrogen) atoms. The van der Waals surface area contributed by atoms with E-state index in [9.17, 15) is 30.4 Å². The van der Waals surface area contributed by atoms with Crippen LogP contribution in [0, 0.1) is 11.6 Å². The molecule has 0 heterocycles. The third kappa shape index (κ3) is 5.80. The molecule has 0 spiro atoms. The van der Waals surface area contributed by atoms with Crippen LogP contribution in [0.3, 0.4) is 0 Å². The molecule has 2 rings (SSSR count). The maximum Gasteiger partial charge on any atom is 0.516 e. The van der Waals surface area contributed by atoms with Gasteiger partial charge in [-0.1, -0.05) is 23.7 Å². The van der Waals surface area contributed by atoms with Gasteiger partial charge in [0.15, 0.2) is 0 Å². The van der Waals surface area contributed by atoms with Crippen LogP contribution in [0.15, 0.2) is 41.6 Å². The minimum absolute atomic E-state index is 0.00491. The van der Waals surface area contributed by atoms with Gasteiger partial charge in [-0.3, -0.25) is 4.72 Å². The van der Waals surface area contributed by atoms with E-state index in [1.165, 1.54) is 16.9 Å². The Hall–Kier alpha value is -2.40. The summed E-state index contributed by atoms with van der Waals surface area (Å²) in [5.41, 5.74) is -5.94. The summed E-state index contributed by atoms with van der Waals surface area (Å²) in [6.45, 7) is 1.20. The Bertz CT molecular complexity index is 1030. The minimum Gasteiger partial charge on any atom is -0.391 e. The Morgan fingerprint density at radius 3 is 2.45 bits per heavy atom. The van der Waals surface area contributed by atoms with E-state index in [1.807, 2.05) is 0 Å². The summed E-state index contributed by atoms with van der Waals surface area (Å²) in [4.78, 5) is 5.02. The van der Waals surface area contributed by atoms with Crippen LogP contribution in [0.2, 0.25) is 5.02 Å². The van der Waals surface area contributed by atoms with E-state index >= 15 is 0 Å². The zero-order valence-electron chi connectivity index (χ0n) is 14.7. The van der Waals surface area contributed by atoms with Crippen molar-refractivity contribution in [3.8, 4) is 0 Å². The molecule has 2 aromatic carbocycles. The summed E-state index contributed by atoms with van der Waals surface area (Å²) < 4.78 is 88.9. The molecule has 0 amide bonds. The normalized spacial score (nSPS) is 12.7. The molecule has 1 N–H and O–H groups in total. The number of benzene rings is 2. The predicted octanol–water partition coefficient (Wildman–Crippen LogP) is 5.21. The number of alkyl halides is 3. The van der Waals surface area contributed by atoms with Crippen LogP contribution in [-0.2, 0) is 21.5 Å². The number of sulfonamides is 1. The molecule has 2 aromatic rings. The van der Waals surface area contributed by atoms with Crippen LogP contribution < -0.4 is 4.72 Å². The van der Waals surface area contributed by atoms with Gasteiger partial charge in [0.25, 0.3) is 0 Å². The lowest BCUT2D eigenvalue weighted by Crippen LogP contribution is -2.30. The SMILES string of the molecule is CCC(=NOCc1ccc(F)cc1F)c1cc(Cl)ccc1NS(=O)(=O)C(F)(F)F. The molecule has 0 aliphatic rings. The zero-order chi connectivity index (χ0) is 21.8. The predicted molar refractivity (Wildman–Crippen MR) is 98.0 cm³/mol. The van der Waals surface area contributed by atoms with Gasteiger partial charge in [-0.05, 0) is 36.8 Å². The molecule has 0 unspecified atom stereocenters. The molecule has 0 saturated carbocycles. The van der Waals surface area contributed by atoms with Gasteiger partial charge >= 0.3 is 15.5 Å². The molecule has 0 aliphatic carbocycles. The Morgan fingerprint density at radius 1 is 1.17 bits per heavy atom. The van der Waals surface area contributed by atoms with E-state index in [0.29, 0.717) is 6.07 Å². The van der Waals surface area contributed by atoms with Crippen molar-refractivity contribution < 1.29 is 35.2 Å². The monoisotopic (exact) mass is 456 g/mol. The number of anilines is 1. The first-order chi connectivity index (χ1) is 13.4. The maximum atomic E-state index is 13.6. The van der Waals surface area contributed by atoms with Crippen molar-refractivity contribution >= 4 is 33.0 Å². The molecule has 0 fully saturated rings. The average Bonchev–Trinajstić information content (AvgIpc) is 2.61. The Kier molecular flexibility index (Phi) is 7.06. The summed E-state index contributed by atoms with van der Waals surface area (Å²) in [6.07, 6.45) is 0.118. The van der Waals surface area contributed by atoms with Crippen LogP contribution >= 0.6 is 11.6 Å². The molecule has 0 aromatic heterocycles. The summed E-state index contributed by atoms with van der Waals surface area (Å²) in [5.74, 6) is -1.64. The van der Waals surface area contributed by atoms with E-state index in [2.05, 4.69) is 5.16 Å². The molecule has 0 bridgehead atoms. The van der Waals surface area contributed by atoms with E-state index in [4.69, 9.17) is 16.4 Å². The van der Waals surface area contributed by atoms with Crippen LogP contribution in [0.4, 0.5) is 27.6 Å². The van der Waals surface area contributed by atoms with E-state index < -0.39 is 32.9 Å². The van der Waals surface area contributed by atoms with Crippen LogP contribution in [0.1, 0.15) is 24.5 Å². The molecular weight excluding hydrogens is 443 g/mol. The first-order valence-electron chi connectivity index (χ1n) is 7.96. The largest absolute Gasteiger partial charge is 0.516 e. The summed E-state index contributed by atoms with van der Waals surface area (Å²) in [6, 6.07) is 6.28. The third-order valence-corrected chi connectivity index (χ3v) is 4.92.